The summed E-state index contributed by atoms with van der Waals surface area (Å²) in [5, 5.41) is 1.08. The van der Waals surface area contributed by atoms with E-state index in [9.17, 15) is 9.59 Å². The van der Waals surface area contributed by atoms with Gasteiger partial charge in [0, 0.05) is 11.6 Å². The summed E-state index contributed by atoms with van der Waals surface area (Å²) >= 11 is 6.45. The van der Waals surface area contributed by atoms with Gasteiger partial charge in [-0.3, -0.25) is 9.59 Å². The Morgan fingerprint density at radius 1 is 1.03 bits per heavy atom. The zero-order valence-electron chi connectivity index (χ0n) is 20.6. The van der Waals surface area contributed by atoms with E-state index >= 15 is 0 Å². The number of ether oxygens (including phenoxy) is 1. The zero-order chi connectivity index (χ0) is 25.4. The summed E-state index contributed by atoms with van der Waals surface area (Å²) < 4.78 is 12.0. The van der Waals surface area contributed by atoms with Crippen LogP contribution in [-0.2, 0) is 6.54 Å². The molecule has 1 atom stereocenters. The first-order valence-electron chi connectivity index (χ1n) is 12.2. The van der Waals surface area contributed by atoms with Crippen LogP contribution in [0.5, 0.6) is 5.75 Å². The first-order chi connectivity index (χ1) is 17.4. The second-order valence-corrected chi connectivity index (χ2v) is 9.73. The normalized spacial score (nSPS) is 14.9. The van der Waals surface area contributed by atoms with Gasteiger partial charge in [-0.1, -0.05) is 61.3 Å². The van der Waals surface area contributed by atoms with E-state index in [1.807, 2.05) is 68.4 Å². The first-order valence-corrected chi connectivity index (χ1v) is 12.6. The Hall–Kier alpha value is -3.57. The van der Waals surface area contributed by atoms with Crippen LogP contribution in [0.1, 0.15) is 64.2 Å². The molecule has 0 fully saturated rings. The number of fused-ring (bicyclic) bond motifs is 2. The maximum atomic E-state index is 13.9. The summed E-state index contributed by atoms with van der Waals surface area (Å²) in [5.41, 5.74) is 4.04. The Morgan fingerprint density at radius 3 is 2.50 bits per heavy atom. The SMILES string of the molecule is CCCCOc1ccc(C2c3c(oc4cc(C)cc(C)c4c3=O)C(=O)N2Cc2ccccc2Cl)cc1. The van der Waals surface area contributed by atoms with Gasteiger partial charge < -0.3 is 14.1 Å². The van der Waals surface area contributed by atoms with Crippen molar-refractivity contribution in [1.29, 1.82) is 0 Å². The molecule has 36 heavy (non-hydrogen) atoms. The Morgan fingerprint density at radius 2 is 1.78 bits per heavy atom. The lowest BCUT2D eigenvalue weighted by molar-refractivity contribution is 0.0714. The van der Waals surface area contributed by atoms with Crippen molar-refractivity contribution in [3.05, 3.63) is 109 Å². The molecule has 1 amide bonds. The molecule has 2 heterocycles. The van der Waals surface area contributed by atoms with Crippen molar-refractivity contribution >= 4 is 28.5 Å². The third-order valence-corrected chi connectivity index (χ3v) is 7.04. The van der Waals surface area contributed by atoms with E-state index in [-0.39, 0.29) is 23.6 Å². The highest BCUT2D eigenvalue weighted by atomic mass is 35.5. The second-order valence-electron chi connectivity index (χ2n) is 9.33. The van der Waals surface area contributed by atoms with Crippen molar-refractivity contribution in [3.8, 4) is 5.75 Å². The van der Waals surface area contributed by atoms with Crippen LogP contribution in [0.2, 0.25) is 5.02 Å². The number of nitrogens with zero attached hydrogens (tertiary/aromatic N) is 1. The van der Waals surface area contributed by atoms with E-state index in [0.717, 1.165) is 40.8 Å². The number of halogens is 1. The third-order valence-electron chi connectivity index (χ3n) is 6.67. The lowest BCUT2D eigenvalue weighted by atomic mass is 9.96. The van der Waals surface area contributed by atoms with Gasteiger partial charge in [0.05, 0.1) is 23.6 Å². The molecule has 5 rings (SSSR count). The molecular formula is C30H28ClNO4. The quantitative estimate of drug-likeness (QED) is 0.256. The standard InChI is InChI=1S/C30H28ClNO4/c1-4-5-14-35-22-12-10-20(11-13-22)27-26-28(33)25-19(3)15-18(2)16-24(25)36-29(26)30(34)32(27)17-21-8-6-7-9-23(21)31/h6-13,15-16,27H,4-5,14,17H2,1-3H3. The molecule has 184 valence electrons. The number of carbonyl (C=O) groups excluding carboxylic acids is 1. The molecule has 5 nitrogen and oxygen atoms in total. The van der Waals surface area contributed by atoms with Gasteiger partial charge in [0.1, 0.15) is 11.3 Å². The summed E-state index contributed by atoms with van der Waals surface area (Å²) in [7, 11) is 0. The number of carbonyl (C=O) groups is 1. The fourth-order valence-corrected chi connectivity index (χ4v) is 5.11. The van der Waals surface area contributed by atoms with Crippen LogP contribution in [0.15, 0.2) is 69.9 Å². The van der Waals surface area contributed by atoms with Crippen LogP contribution in [0, 0.1) is 13.8 Å². The lowest BCUT2D eigenvalue weighted by Crippen LogP contribution is -2.29. The van der Waals surface area contributed by atoms with E-state index in [1.165, 1.54) is 0 Å². The van der Waals surface area contributed by atoms with Gasteiger partial charge in [-0.05, 0) is 66.8 Å². The number of rotatable bonds is 7. The van der Waals surface area contributed by atoms with Crippen LogP contribution < -0.4 is 10.2 Å². The van der Waals surface area contributed by atoms with Gasteiger partial charge in [-0.2, -0.15) is 0 Å². The molecule has 0 saturated heterocycles. The number of aryl methyl sites for hydroxylation is 2. The summed E-state index contributed by atoms with van der Waals surface area (Å²) in [5.74, 6) is 0.528. The van der Waals surface area contributed by atoms with E-state index in [4.69, 9.17) is 20.8 Å². The number of hydrogen-bond acceptors (Lipinski definition) is 4. The van der Waals surface area contributed by atoms with Crippen molar-refractivity contribution in [2.75, 3.05) is 6.61 Å². The van der Waals surface area contributed by atoms with Crippen molar-refractivity contribution < 1.29 is 13.9 Å². The monoisotopic (exact) mass is 501 g/mol. The molecule has 4 aromatic rings. The minimum absolute atomic E-state index is 0.0952. The fourth-order valence-electron chi connectivity index (χ4n) is 4.91. The van der Waals surface area contributed by atoms with Gasteiger partial charge in [-0.15, -0.1) is 0 Å². The molecule has 1 aliphatic rings. The van der Waals surface area contributed by atoms with Crippen molar-refractivity contribution in [2.24, 2.45) is 0 Å². The highest BCUT2D eigenvalue weighted by Crippen LogP contribution is 2.40. The second kappa shape index (κ2) is 9.82. The predicted octanol–water partition coefficient (Wildman–Crippen LogP) is 6.99. The minimum Gasteiger partial charge on any atom is -0.494 e. The van der Waals surface area contributed by atoms with Gasteiger partial charge in [-0.25, -0.2) is 0 Å². The topological polar surface area (TPSA) is 59.8 Å². The van der Waals surface area contributed by atoms with Crippen molar-refractivity contribution in [3.63, 3.8) is 0 Å². The number of unbranched alkanes of at least 4 members (excludes halogenated alkanes) is 1. The van der Waals surface area contributed by atoms with Crippen LogP contribution in [-0.4, -0.2) is 17.4 Å². The van der Waals surface area contributed by atoms with Crippen LogP contribution in [0.25, 0.3) is 11.0 Å². The van der Waals surface area contributed by atoms with E-state index in [0.29, 0.717) is 28.2 Å². The largest absolute Gasteiger partial charge is 0.494 e. The number of benzene rings is 3. The van der Waals surface area contributed by atoms with Gasteiger partial charge in [0.15, 0.2) is 5.43 Å². The maximum Gasteiger partial charge on any atom is 0.291 e. The summed E-state index contributed by atoms with van der Waals surface area (Å²) in [6, 6.07) is 18.2. The lowest BCUT2D eigenvalue weighted by Gasteiger charge is -2.26. The average Bonchev–Trinajstić information content (AvgIpc) is 3.12. The van der Waals surface area contributed by atoms with E-state index in [2.05, 4.69) is 6.92 Å². The molecular weight excluding hydrogens is 474 g/mol. The van der Waals surface area contributed by atoms with Crippen LogP contribution >= 0.6 is 11.6 Å². The fraction of sp³-hybridized carbons (Fsp3) is 0.267. The average molecular weight is 502 g/mol. The smallest absolute Gasteiger partial charge is 0.291 e. The van der Waals surface area contributed by atoms with E-state index < -0.39 is 6.04 Å². The molecule has 0 bridgehead atoms. The van der Waals surface area contributed by atoms with Crippen LogP contribution in [0.3, 0.4) is 0 Å². The van der Waals surface area contributed by atoms with E-state index in [1.54, 1.807) is 11.0 Å². The van der Waals surface area contributed by atoms with Gasteiger partial charge >= 0.3 is 0 Å². The Labute approximate surface area is 215 Å². The minimum atomic E-state index is -0.602. The molecule has 0 aliphatic carbocycles. The highest BCUT2D eigenvalue weighted by Gasteiger charge is 2.43. The van der Waals surface area contributed by atoms with Gasteiger partial charge in [0.2, 0.25) is 5.76 Å². The van der Waals surface area contributed by atoms with Crippen molar-refractivity contribution in [2.45, 2.75) is 46.2 Å². The molecule has 6 heteroatoms. The molecule has 0 N–H and O–H groups in total. The summed E-state index contributed by atoms with van der Waals surface area (Å²) in [4.78, 5) is 29.3. The Balaban J connectivity index is 1.65. The van der Waals surface area contributed by atoms with Crippen molar-refractivity contribution in [1.82, 2.24) is 4.90 Å². The third kappa shape index (κ3) is 4.28. The molecule has 1 aliphatic heterocycles. The molecule has 0 radical (unpaired) electrons. The first kappa shape index (κ1) is 24.1. The molecule has 0 spiro atoms. The Kier molecular flexibility index (Phi) is 6.59. The van der Waals surface area contributed by atoms with Crippen LogP contribution in [0.4, 0.5) is 0 Å². The predicted molar refractivity (Wildman–Crippen MR) is 142 cm³/mol. The summed E-state index contributed by atoms with van der Waals surface area (Å²) in [6.45, 7) is 6.85. The summed E-state index contributed by atoms with van der Waals surface area (Å²) in [6.07, 6.45) is 2.03. The van der Waals surface area contributed by atoms with Gasteiger partial charge in [0.25, 0.3) is 5.91 Å². The Bertz CT molecular complexity index is 1510. The highest BCUT2D eigenvalue weighted by molar-refractivity contribution is 6.31. The number of hydrogen-bond donors (Lipinski definition) is 0. The molecule has 1 aromatic heterocycles. The zero-order valence-corrected chi connectivity index (χ0v) is 21.4. The molecule has 0 saturated carbocycles. The maximum absolute atomic E-state index is 13.9. The molecule has 1 unspecified atom stereocenters. The molecule has 3 aromatic carbocycles. The number of amides is 1.